The Balaban J connectivity index is 1.95. The van der Waals surface area contributed by atoms with Crippen LogP contribution in [0.3, 0.4) is 0 Å². The Morgan fingerprint density at radius 3 is 2.50 bits per heavy atom. The molecule has 0 aromatic heterocycles. The molecule has 0 unspecified atom stereocenters. The highest BCUT2D eigenvalue weighted by atomic mass is 35.5. The van der Waals surface area contributed by atoms with Gasteiger partial charge in [-0.3, -0.25) is 9.59 Å². The molecule has 1 aliphatic heterocycles. The smallest absolute Gasteiger partial charge is 0.340 e. The van der Waals surface area contributed by atoms with E-state index in [4.69, 9.17) is 27.9 Å². The van der Waals surface area contributed by atoms with Crippen LogP contribution in [0.1, 0.15) is 22.8 Å². The maximum atomic E-state index is 12.9. The Labute approximate surface area is 171 Å². The highest BCUT2D eigenvalue weighted by molar-refractivity contribution is 6.53. The van der Waals surface area contributed by atoms with Crippen LogP contribution in [0, 0.1) is 6.92 Å². The third kappa shape index (κ3) is 3.61. The monoisotopic (exact) mass is 418 g/mol. The molecule has 1 N–H and O–H groups in total. The number of esters is 1. The molecule has 0 spiro atoms. The number of carbonyl (C=O) groups excluding carboxylic acids is 3. The Kier molecular flexibility index (Phi) is 5.72. The van der Waals surface area contributed by atoms with Crippen molar-refractivity contribution in [2.45, 2.75) is 13.8 Å². The summed E-state index contributed by atoms with van der Waals surface area (Å²) in [6.45, 7) is 3.67. The molecule has 28 heavy (non-hydrogen) atoms. The number of carbonyl (C=O) groups is 3. The summed E-state index contributed by atoms with van der Waals surface area (Å²) in [5, 5.41) is 3.07. The lowest BCUT2D eigenvalue weighted by Gasteiger charge is -2.18. The van der Waals surface area contributed by atoms with E-state index in [1.165, 1.54) is 12.1 Å². The fourth-order valence-electron chi connectivity index (χ4n) is 2.70. The largest absolute Gasteiger partial charge is 0.462 e. The molecular formula is C20H16Cl2N2O4. The molecule has 0 saturated heterocycles. The van der Waals surface area contributed by atoms with Gasteiger partial charge in [0, 0.05) is 10.7 Å². The van der Waals surface area contributed by atoms with Crippen LogP contribution in [-0.4, -0.2) is 24.4 Å². The molecule has 2 aromatic rings. The lowest BCUT2D eigenvalue weighted by atomic mass is 10.1. The maximum Gasteiger partial charge on any atom is 0.340 e. The van der Waals surface area contributed by atoms with Crippen molar-refractivity contribution in [1.29, 1.82) is 0 Å². The third-order valence-corrected chi connectivity index (χ3v) is 4.87. The standard InChI is InChI=1S/C20H16Cl2N2O4/c1-3-28-20(27)13-6-4-5-7-15(13)24-18(25)16(22)17(19(24)26)23-12-9-8-11(2)14(21)10-12/h4-10,23H,3H2,1-2H3. The van der Waals surface area contributed by atoms with E-state index < -0.39 is 17.8 Å². The van der Waals surface area contributed by atoms with Gasteiger partial charge in [0.25, 0.3) is 11.8 Å². The van der Waals surface area contributed by atoms with Gasteiger partial charge in [0.1, 0.15) is 10.7 Å². The van der Waals surface area contributed by atoms with Crippen molar-refractivity contribution < 1.29 is 19.1 Å². The summed E-state index contributed by atoms with van der Waals surface area (Å²) < 4.78 is 5.01. The number of para-hydroxylation sites is 1. The van der Waals surface area contributed by atoms with E-state index in [1.807, 2.05) is 6.92 Å². The number of ether oxygens (including phenoxy) is 1. The fraction of sp³-hybridized carbons (Fsp3) is 0.150. The Bertz CT molecular complexity index is 1020. The van der Waals surface area contributed by atoms with Crippen molar-refractivity contribution in [2.75, 3.05) is 16.8 Å². The van der Waals surface area contributed by atoms with Crippen molar-refractivity contribution in [2.24, 2.45) is 0 Å². The minimum Gasteiger partial charge on any atom is -0.462 e. The van der Waals surface area contributed by atoms with Crippen LogP contribution in [0.5, 0.6) is 0 Å². The number of nitrogens with one attached hydrogen (secondary N) is 1. The average Bonchev–Trinajstić information content (AvgIpc) is 2.88. The van der Waals surface area contributed by atoms with Crippen molar-refractivity contribution in [3.05, 3.63) is 69.3 Å². The van der Waals surface area contributed by atoms with E-state index in [0.29, 0.717) is 10.7 Å². The summed E-state index contributed by atoms with van der Waals surface area (Å²) in [5.41, 5.74) is 1.48. The van der Waals surface area contributed by atoms with E-state index >= 15 is 0 Å². The van der Waals surface area contributed by atoms with Crippen LogP contribution in [0.25, 0.3) is 0 Å². The first kappa shape index (κ1) is 19.9. The number of anilines is 2. The number of amides is 2. The summed E-state index contributed by atoms with van der Waals surface area (Å²) >= 11 is 12.2. The summed E-state index contributed by atoms with van der Waals surface area (Å²) in [6.07, 6.45) is 0. The third-order valence-electron chi connectivity index (χ3n) is 4.11. The fourth-order valence-corrected chi connectivity index (χ4v) is 3.09. The molecule has 0 atom stereocenters. The minimum atomic E-state index is -0.732. The molecule has 8 heteroatoms. The Morgan fingerprint density at radius 1 is 1.11 bits per heavy atom. The van der Waals surface area contributed by atoms with E-state index in [9.17, 15) is 14.4 Å². The summed E-state index contributed by atoms with van der Waals surface area (Å²) in [7, 11) is 0. The molecule has 0 bridgehead atoms. The van der Waals surface area contributed by atoms with E-state index in [1.54, 1.807) is 37.3 Å². The number of rotatable bonds is 5. The topological polar surface area (TPSA) is 75.7 Å². The highest BCUT2D eigenvalue weighted by Crippen LogP contribution is 2.33. The molecule has 0 radical (unpaired) electrons. The summed E-state index contributed by atoms with van der Waals surface area (Å²) in [5.74, 6) is -2.05. The van der Waals surface area contributed by atoms with E-state index in [2.05, 4.69) is 5.32 Å². The van der Waals surface area contributed by atoms with Gasteiger partial charge in [0.2, 0.25) is 0 Å². The molecule has 1 aliphatic rings. The van der Waals surface area contributed by atoms with Gasteiger partial charge < -0.3 is 10.1 Å². The summed E-state index contributed by atoms with van der Waals surface area (Å²) in [6, 6.07) is 11.3. The van der Waals surface area contributed by atoms with Crippen molar-refractivity contribution in [1.82, 2.24) is 0 Å². The van der Waals surface area contributed by atoms with Crippen LogP contribution >= 0.6 is 23.2 Å². The lowest BCUT2D eigenvalue weighted by Crippen LogP contribution is -2.33. The lowest BCUT2D eigenvalue weighted by molar-refractivity contribution is -0.120. The molecule has 1 heterocycles. The second kappa shape index (κ2) is 8.04. The number of aryl methyl sites for hydroxylation is 1. The van der Waals surface area contributed by atoms with E-state index in [0.717, 1.165) is 10.5 Å². The molecule has 0 fully saturated rings. The van der Waals surface area contributed by atoms with Crippen molar-refractivity contribution >= 4 is 52.4 Å². The van der Waals surface area contributed by atoms with E-state index in [-0.39, 0.29) is 28.6 Å². The molecule has 144 valence electrons. The predicted octanol–water partition coefficient (Wildman–Crippen LogP) is 4.26. The van der Waals surface area contributed by atoms with Gasteiger partial charge >= 0.3 is 5.97 Å². The van der Waals surface area contributed by atoms with Crippen molar-refractivity contribution in [3.8, 4) is 0 Å². The van der Waals surface area contributed by atoms with Gasteiger partial charge in [-0.2, -0.15) is 0 Å². The van der Waals surface area contributed by atoms with Gasteiger partial charge in [0.05, 0.1) is 17.9 Å². The second-order valence-electron chi connectivity index (χ2n) is 5.96. The van der Waals surface area contributed by atoms with Gasteiger partial charge in [-0.15, -0.1) is 0 Å². The molecule has 2 amide bonds. The first-order chi connectivity index (χ1) is 13.3. The van der Waals surface area contributed by atoms with Crippen LogP contribution in [-0.2, 0) is 14.3 Å². The normalized spacial score (nSPS) is 13.9. The number of hydrogen-bond donors (Lipinski definition) is 1. The van der Waals surface area contributed by atoms with Crippen LogP contribution < -0.4 is 10.2 Å². The van der Waals surface area contributed by atoms with Gasteiger partial charge in [0.15, 0.2) is 0 Å². The molecule has 3 rings (SSSR count). The Hall–Kier alpha value is -2.83. The summed E-state index contributed by atoms with van der Waals surface area (Å²) in [4.78, 5) is 38.7. The van der Waals surface area contributed by atoms with Gasteiger partial charge in [-0.25, -0.2) is 9.69 Å². The zero-order valence-corrected chi connectivity index (χ0v) is 16.6. The molecule has 6 nitrogen and oxygen atoms in total. The number of nitrogens with zero attached hydrogens (tertiary/aromatic N) is 1. The van der Waals surface area contributed by atoms with Crippen LogP contribution in [0.2, 0.25) is 5.02 Å². The zero-order chi connectivity index (χ0) is 20.4. The first-order valence-corrected chi connectivity index (χ1v) is 9.18. The number of hydrogen-bond acceptors (Lipinski definition) is 5. The highest BCUT2D eigenvalue weighted by Gasteiger charge is 2.40. The zero-order valence-electron chi connectivity index (χ0n) is 15.1. The molecule has 0 aliphatic carbocycles. The second-order valence-corrected chi connectivity index (χ2v) is 6.75. The van der Waals surface area contributed by atoms with Gasteiger partial charge in [-0.05, 0) is 43.7 Å². The number of halogens is 2. The predicted molar refractivity (Wildman–Crippen MR) is 108 cm³/mol. The maximum absolute atomic E-state index is 12.9. The number of benzene rings is 2. The molecular weight excluding hydrogens is 403 g/mol. The molecule has 0 saturated carbocycles. The quantitative estimate of drug-likeness (QED) is 0.579. The molecule has 2 aromatic carbocycles. The average molecular weight is 419 g/mol. The van der Waals surface area contributed by atoms with Crippen LogP contribution in [0.4, 0.5) is 11.4 Å². The number of imide groups is 1. The SMILES string of the molecule is CCOC(=O)c1ccccc1N1C(=O)C(Cl)=C(Nc2ccc(C)c(Cl)c2)C1=O. The first-order valence-electron chi connectivity index (χ1n) is 8.43. The van der Waals surface area contributed by atoms with Crippen molar-refractivity contribution in [3.63, 3.8) is 0 Å². The van der Waals surface area contributed by atoms with Crippen LogP contribution in [0.15, 0.2) is 53.2 Å². The minimum absolute atomic E-state index is 0.0924. The Morgan fingerprint density at radius 2 is 1.82 bits per heavy atom. The van der Waals surface area contributed by atoms with Gasteiger partial charge in [-0.1, -0.05) is 41.4 Å².